The first-order valence-electron chi connectivity index (χ1n) is 19.4. The van der Waals surface area contributed by atoms with E-state index in [1.807, 2.05) is 6.08 Å². The van der Waals surface area contributed by atoms with Crippen LogP contribution in [-0.4, -0.2) is 41.0 Å². The van der Waals surface area contributed by atoms with Crippen LogP contribution < -0.4 is 0 Å². The molecule has 0 saturated heterocycles. The topological polar surface area (TPSA) is 119 Å². The SMILES string of the molecule is CCCC/C=C/C/C=C/CCCCCCCC(=O)OC[C@H](COP(=O)(O)O)OC(=O)CCC/C=C/C/C=C/CCCCCCCCCCC. The van der Waals surface area contributed by atoms with E-state index in [2.05, 4.69) is 60.9 Å². The van der Waals surface area contributed by atoms with Crippen LogP contribution in [0.1, 0.15) is 174 Å². The Bertz CT molecular complexity index is 937. The van der Waals surface area contributed by atoms with Gasteiger partial charge in [-0.25, -0.2) is 4.57 Å². The first-order chi connectivity index (χ1) is 23.8. The van der Waals surface area contributed by atoms with Gasteiger partial charge in [0.15, 0.2) is 6.10 Å². The predicted octanol–water partition coefficient (Wildman–Crippen LogP) is 11.6. The second-order valence-corrected chi connectivity index (χ2v) is 14.1. The van der Waals surface area contributed by atoms with Gasteiger partial charge in [-0.2, -0.15) is 0 Å². The molecular weight excluding hydrogens is 639 g/mol. The smallest absolute Gasteiger partial charge is 0.462 e. The third kappa shape index (κ3) is 38.7. The number of esters is 2. The summed E-state index contributed by atoms with van der Waals surface area (Å²) >= 11 is 0. The molecule has 49 heavy (non-hydrogen) atoms. The molecule has 0 aromatic carbocycles. The molecule has 0 heterocycles. The van der Waals surface area contributed by atoms with Crippen LogP contribution >= 0.6 is 7.82 Å². The molecule has 0 aliphatic heterocycles. The lowest BCUT2D eigenvalue weighted by molar-refractivity contribution is -0.161. The zero-order chi connectivity index (χ0) is 36.1. The number of hydrogen-bond donors (Lipinski definition) is 2. The van der Waals surface area contributed by atoms with E-state index in [0.717, 1.165) is 57.8 Å². The van der Waals surface area contributed by atoms with Crippen molar-refractivity contribution in [2.24, 2.45) is 0 Å². The van der Waals surface area contributed by atoms with Gasteiger partial charge in [0.05, 0.1) is 6.61 Å². The second-order valence-electron chi connectivity index (χ2n) is 12.9. The molecule has 0 aromatic rings. The Balaban J connectivity index is 4.05. The molecule has 8 nitrogen and oxygen atoms in total. The summed E-state index contributed by atoms with van der Waals surface area (Å²) in [5.41, 5.74) is 0. The molecule has 0 aromatic heterocycles. The Morgan fingerprint density at radius 2 is 0.959 bits per heavy atom. The van der Waals surface area contributed by atoms with Crippen molar-refractivity contribution in [2.45, 2.75) is 180 Å². The minimum absolute atomic E-state index is 0.144. The number of ether oxygens (including phenoxy) is 2. The number of carbonyl (C=O) groups excluding carboxylic acids is 2. The van der Waals surface area contributed by atoms with Gasteiger partial charge >= 0.3 is 19.8 Å². The number of hydrogen-bond acceptors (Lipinski definition) is 6. The summed E-state index contributed by atoms with van der Waals surface area (Å²) in [6, 6.07) is 0. The average Bonchev–Trinajstić information content (AvgIpc) is 3.07. The van der Waals surface area contributed by atoms with Gasteiger partial charge in [0.1, 0.15) is 6.61 Å². The Labute approximate surface area is 299 Å². The quantitative estimate of drug-likeness (QED) is 0.0289. The third-order valence-electron chi connectivity index (χ3n) is 8.07. The fourth-order valence-corrected chi connectivity index (χ4v) is 5.49. The van der Waals surface area contributed by atoms with Crippen LogP contribution in [0.3, 0.4) is 0 Å². The number of allylic oxidation sites excluding steroid dienone is 8. The number of carbonyl (C=O) groups is 2. The molecule has 0 radical (unpaired) electrons. The Morgan fingerprint density at radius 1 is 0.531 bits per heavy atom. The molecule has 1 atom stereocenters. The summed E-state index contributed by atoms with van der Waals surface area (Å²) in [5.74, 6) is -0.956. The van der Waals surface area contributed by atoms with E-state index in [0.29, 0.717) is 19.3 Å². The average molecular weight is 711 g/mol. The minimum Gasteiger partial charge on any atom is -0.462 e. The number of rotatable bonds is 35. The van der Waals surface area contributed by atoms with E-state index in [4.69, 9.17) is 19.3 Å². The highest BCUT2D eigenvalue weighted by molar-refractivity contribution is 7.46. The van der Waals surface area contributed by atoms with E-state index in [1.54, 1.807) is 0 Å². The Kier molecular flexibility index (Phi) is 34.4. The molecule has 0 bridgehead atoms. The Morgan fingerprint density at radius 3 is 1.47 bits per heavy atom. The first kappa shape index (κ1) is 47.0. The first-order valence-corrected chi connectivity index (χ1v) is 21.0. The van der Waals surface area contributed by atoms with Crippen LogP contribution in [0.5, 0.6) is 0 Å². The number of phosphoric ester groups is 1. The minimum atomic E-state index is -4.76. The lowest BCUT2D eigenvalue weighted by atomic mass is 10.1. The largest absolute Gasteiger partial charge is 0.469 e. The van der Waals surface area contributed by atoms with Crippen LogP contribution in [0.15, 0.2) is 48.6 Å². The normalized spacial score (nSPS) is 13.0. The van der Waals surface area contributed by atoms with Crippen LogP contribution in [0, 0.1) is 0 Å². The highest BCUT2D eigenvalue weighted by atomic mass is 31.2. The molecule has 0 aliphatic carbocycles. The van der Waals surface area contributed by atoms with Crippen LogP contribution in [-0.2, 0) is 28.2 Å². The van der Waals surface area contributed by atoms with Gasteiger partial charge in [0, 0.05) is 12.8 Å². The van der Waals surface area contributed by atoms with Gasteiger partial charge in [-0.15, -0.1) is 0 Å². The van der Waals surface area contributed by atoms with Crippen molar-refractivity contribution < 1.29 is 37.9 Å². The van der Waals surface area contributed by atoms with Gasteiger partial charge in [-0.3, -0.25) is 14.1 Å². The van der Waals surface area contributed by atoms with Gasteiger partial charge < -0.3 is 19.3 Å². The monoisotopic (exact) mass is 710 g/mol. The molecule has 0 spiro atoms. The summed E-state index contributed by atoms with van der Waals surface area (Å²) in [5, 5.41) is 0. The molecular formula is C40H71O8P. The third-order valence-corrected chi connectivity index (χ3v) is 8.56. The molecule has 0 unspecified atom stereocenters. The predicted molar refractivity (Wildman–Crippen MR) is 202 cm³/mol. The van der Waals surface area contributed by atoms with E-state index in [-0.39, 0.29) is 19.4 Å². The molecule has 2 N–H and O–H groups in total. The maximum absolute atomic E-state index is 12.3. The standard InChI is InChI=1S/C40H71O8P/c1-3-5-7-9-11-13-15-17-19-20-21-23-25-27-29-31-33-35-40(42)48-38(37-47-49(43,44)45)36-46-39(41)34-32-30-28-26-24-22-18-16-14-12-10-8-6-4-2/h10,12,16,18,21,23,27,29,38H,3-9,11,13-15,17,19-20,22,24-26,28,30-37H2,1-2H3,(H2,43,44,45)/b12-10+,18-16+,23-21+,29-27+/t38-/m1/s1. The highest BCUT2D eigenvalue weighted by Gasteiger charge is 2.22. The molecule has 0 amide bonds. The Hall–Kier alpha value is -1.99. The van der Waals surface area contributed by atoms with Crippen LogP contribution in [0.4, 0.5) is 0 Å². The van der Waals surface area contributed by atoms with Gasteiger partial charge in [-0.05, 0) is 64.2 Å². The summed E-state index contributed by atoms with van der Waals surface area (Å²) in [7, 11) is -4.76. The summed E-state index contributed by atoms with van der Waals surface area (Å²) < 4.78 is 26.3. The van der Waals surface area contributed by atoms with Crippen molar-refractivity contribution in [3.63, 3.8) is 0 Å². The molecule has 0 rings (SSSR count). The molecule has 284 valence electrons. The van der Waals surface area contributed by atoms with E-state index in [1.165, 1.54) is 70.6 Å². The van der Waals surface area contributed by atoms with Crippen molar-refractivity contribution in [3.8, 4) is 0 Å². The molecule has 9 heteroatoms. The van der Waals surface area contributed by atoms with E-state index >= 15 is 0 Å². The van der Waals surface area contributed by atoms with Crippen LogP contribution in [0.2, 0.25) is 0 Å². The molecule has 0 aliphatic rings. The highest BCUT2D eigenvalue weighted by Crippen LogP contribution is 2.36. The van der Waals surface area contributed by atoms with Crippen molar-refractivity contribution in [3.05, 3.63) is 48.6 Å². The summed E-state index contributed by atoms with van der Waals surface area (Å²) in [6.07, 6.45) is 42.7. The molecule has 0 fully saturated rings. The zero-order valence-corrected chi connectivity index (χ0v) is 32.0. The van der Waals surface area contributed by atoms with Crippen molar-refractivity contribution in [2.75, 3.05) is 13.2 Å². The molecule has 0 saturated carbocycles. The van der Waals surface area contributed by atoms with Crippen molar-refractivity contribution in [1.82, 2.24) is 0 Å². The number of phosphoric acid groups is 1. The van der Waals surface area contributed by atoms with Gasteiger partial charge in [-0.1, -0.05) is 146 Å². The lowest BCUT2D eigenvalue weighted by Crippen LogP contribution is -2.29. The number of unbranched alkanes of at least 4 members (excludes halogenated alkanes) is 17. The second kappa shape index (κ2) is 35.8. The van der Waals surface area contributed by atoms with Crippen molar-refractivity contribution in [1.29, 1.82) is 0 Å². The zero-order valence-electron chi connectivity index (χ0n) is 31.1. The van der Waals surface area contributed by atoms with Gasteiger partial charge in [0.2, 0.25) is 0 Å². The maximum atomic E-state index is 12.3. The van der Waals surface area contributed by atoms with E-state index < -0.39 is 32.5 Å². The van der Waals surface area contributed by atoms with Crippen molar-refractivity contribution >= 4 is 19.8 Å². The maximum Gasteiger partial charge on any atom is 0.469 e. The summed E-state index contributed by atoms with van der Waals surface area (Å²) in [6.45, 7) is 3.59. The summed E-state index contributed by atoms with van der Waals surface area (Å²) in [4.78, 5) is 42.7. The lowest BCUT2D eigenvalue weighted by Gasteiger charge is -2.18. The fraction of sp³-hybridized carbons (Fsp3) is 0.750. The van der Waals surface area contributed by atoms with Crippen LogP contribution in [0.25, 0.3) is 0 Å². The van der Waals surface area contributed by atoms with Gasteiger partial charge in [0.25, 0.3) is 0 Å². The van der Waals surface area contributed by atoms with E-state index in [9.17, 15) is 14.2 Å². The fourth-order valence-electron chi connectivity index (χ4n) is 5.13.